The van der Waals surface area contributed by atoms with E-state index < -0.39 is 0 Å². The predicted octanol–water partition coefficient (Wildman–Crippen LogP) is 1.06. The maximum Gasteiger partial charge on any atom is 0.0466 e. The summed E-state index contributed by atoms with van der Waals surface area (Å²) < 4.78 is 0. The summed E-state index contributed by atoms with van der Waals surface area (Å²) in [5, 5.41) is 0. The molecule has 3 nitrogen and oxygen atoms in total. The highest BCUT2D eigenvalue weighted by molar-refractivity contribution is 5.15. The molecule has 1 heterocycles. The van der Waals surface area contributed by atoms with Crippen LogP contribution < -0.4 is 11.5 Å². The maximum absolute atomic E-state index is 5.97. The van der Waals surface area contributed by atoms with Gasteiger partial charge in [0.25, 0.3) is 0 Å². The Balaban J connectivity index is 2.73. The average molecular weight is 179 g/mol. The zero-order valence-electron chi connectivity index (χ0n) is 8.14. The first kappa shape index (κ1) is 10.2. The molecular weight excluding hydrogens is 162 g/mol. The second kappa shape index (κ2) is 4.35. The summed E-state index contributed by atoms with van der Waals surface area (Å²) in [4.78, 5) is 4.01. The van der Waals surface area contributed by atoms with Crippen LogP contribution in [-0.2, 0) is 0 Å². The number of rotatable bonds is 3. The Hall–Kier alpha value is -0.930. The number of pyridine rings is 1. The fourth-order valence-electron chi connectivity index (χ4n) is 1.21. The van der Waals surface area contributed by atoms with Gasteiger partial charge in [-0.25, -0.2) is 0 Å². The van der Waals surface area contributed by atoms with Crippen LogP contribution in [0.3, 0.4) is 0 Å². The number of nitrogens with zero attached hydrogens (tertiary/aromatic N) is 1. The van der Waals surface area contributed by atoms with Crippen molar-refractivity contribution < 1.29 is 0 Å². The molecule has 2 atom stereocenters. The van der Waals surface area contributed by atoms with Crippen molar-refractivity contribution in [2.75, 3.05) is 0 Å². The van der Waals surface area contributed by atoms with Crippen LogP contribution in [0, 0.1) is 5.92 Å². The van der Waals surface area contributed by atoms with E-state index in [0.717, 1.165) is 5.56 Å². The van der Waals surface area contributed by atoms with Crippen LogP contribution in [0.15, 0.2) is 24.5 Å². The molecule has 1 rings (SSSR count). The summed E-state index contributed by atoms with van der Waals surface area (Å²) in [6.07, 6.45) is 3.50. The van der Waals surface area contributed by atoms with E-state index >= 15 is 0 Å². The Labute approximate surface area is 79.2 Å². The topological polar surface area (TPSA) is 64.9 Å². The van der Waals surface area contributed by atoms with Gasteiger partial charge in [0, 0.05) is 24.5 Å². The largest absolute Gasteiger partial charge is 0.326 e. The van der Waals surface area contributed by atoms with Gasteiger partial charge < -0.3 is 11.5 Å². The van der Waals surface area contributed by atoms with Crippen LogP contribution in [0.25, 0.3) is 0 Å². The highest BCUT2D eigenvalue weighted by Gasteiger charge is 2.18. The van der Waals surface area contributed by atoms with Crippen molar-refractivity contribution >= 4 is 0 Å². The second-order valence-electron chi connectivity index (χ2n) is 3.63. The molecule has 1 aromatic rings. The molecule has 0 aliphatic rings. The first-order valence-corrected chi connectivity index (χ1v) is 4.54. The lowest BCUT2D eigenvalue weighted by molar-refractivity contribution is 0.423. The van der Waals surface area contributed by atoms with Gasteiger partial charge in [-0.2, -0.15) is 0 Å². The Kier molecular flexibility index (Phi) is 3.39. The third-order valence-corrected chi connectivity index (χ3v) is 2.25. The van der Waals surface area contributed by atoms with E-state index in [2.05, 4.69) is 18.8 Å². The molecule has 13 heavy (non-hydrogen) atoms. The highest BCUT2D eigenvalue weighted by Crippen LogP contribution is 2.16. The minimum Gasteiger partial charge on any atom is -0.326 e. The predicted molar refractivity (Wildman–Crippen MR) is 54.0 cm³/mol. The molecule has 0 saturated heterocycles. The van der Waals surface area contributed by atoms with Crippen LogP contribution >= 0.6 is 0 Å². The van der Waals surface area contributed by atoms with Crippen LogP contribution in [0.5, 0.6) is 0 Å². The summed E-state index contributed by atoms with van der Waals surface area (Å²) in [6, 6.07) is 3.71. The van der Waals surface area contributed by atoms with E-state index in [9.17, 15) is 0 Å². The molecule has 0 aromatic carbocycles. The number of hydrogen-bond donors (Lipinski definition) is 2. The van der Waals surface area contributed by atoms with Gasteiger partial charge in [0.1, 0.15) is 0 Å². The second-order valence-corrected chi connectivity index (χ2v) is 3.63. The normalized spacial score (nSPS) is 15.8. The Morgan fingerprint density at radius 2 is 2.00 bits per heavy atom. The van der Waals surface area contributed by atoms with Gasteiger partial charge in [-0.05, 0) is 17.5 Å². The summed E-state index contributed by atoms with van der Waals surface area (Å²) in [7, 11) is 0. The zero-order chi connectivity index (χ0) is 9.84. The molecular formula is C10H17N3. The Bertz CT molecular complexity index is 246. The molecule has 0 spiro atoms. The van der Waals surface area contributed by atoms with Gasteiger partial charge in [-0.15, -0.1) is 0 Å². The van der Waals surface area contributed by atoms with E-state index in [0.29, 0.717) is 5.92 Å². The first-order chi connectivity index (χ1) is 6.13. The number of hydrogen-bond acceptors (Lipinski definition) is 3. The smallest absolute Gasteiger partial charge is 0.0466 e. The molecule has 1 aromatic heterocycles. The van der Waals surface area contributed by atoms with Crippen molar-refractivity contribution in [3.63, 3.8) is 0 Å². The summed E-state index contributed by atoms with van der Waals surface area (Å²) in [6.45, 7) is 4.14. The van der Waals surface area contributed by atoms with E-state index in [4.69, 9.17) is 11.5 Å². The maximum atomic E-state index is 5.97. The van der Waals surface area contributed by atoms with Crippen molar-refractivity contribution in [1.29, 1.82) is 0 Å². The van der Waals surface area contributed by atoms with E-state index in [1.54, 1.807) is 12.4 Å². The molecule has 4 N–H and O–H groups in total. The van der Waals surface area contributed by atoms with Crippen molar-refractivity contribution in [3.8, 4) is 0 Å². The fraction of sp³-hybridized carbons (Fsp3) is 0.500. The third-order valence-electron chi connectivity index (χ3n) is 2.25. The van der Waals surface area contributed by atoms with E-state index in [1.807, 2.05) is 12.1 Å². The minimum absolute atomic E-state index is 0.0100. The van der Waals surface area contributed by atoms with Gasteiger partial charge in [-0.3, -0.25) is 4.98 Å². The van der Waals surface area contributed by atoms with Crippen molar-refractivity contribution in [2.24, 2.45) is 17.4 Å². The van der Waals surface area contributed by atoms with Crippen molar-refractivity contribution in [1.82, 2.24) is 4.98 Å². The van der Waals surface area contributed by atoms with Crippen molar-refractivity contribution in [2.45, 2.75) is 25.9 Å². The van der Waals surface area contributed by atoms with E-state index in [-0.39, 0.29) is 12.1 Å². The fourth-order valence-corrected chi connectivity index (χ4v) is 1.21. The third kappa shape index (κ3) is 2.50. The lowest BCUT2D eigenvalue weighted by atomic mass is 9.94. The zero-order valence-corrected chi connectivity index (χ0v) is 8.14. The van der Waals surface area contributed by atoms with Crippen LogP contribution in [0.1, 0.15) is 25.5 Å². The van der Waals surface area contributed by atoms with Gasteiger partial charge in [-0.1, -0.05) is 19.9 Å². The van der Waals surface area contributed by atoms with Gasteiger partial charge in [0.15, 0.2) is 0 Å². The lowest BCUT2D eigenvalue weighted by Crippen LogP contribution is -2.38. The van der Waals surface area contributed by atoms with Gasteiger partial charge in [0.05, 0.1) is 0 Å². The molecule has 72 valence electrons. The molecule has 0 amide bonds. The van der Waals surface area contributed by atoms with Gasteiger partial charge in [0.2, 0.25) is 0 Å². The molecule has 0 radical (unpaired) electrons. The summed E-state index contributed by atoms with van der Waals surface area (Å²) in [5.74, 6) is 0.384. The molecule has 2 unspecified atom stereocenters. The SMILES string of the molecule is CC(C)C(N)C(N)c1cccnc1. The van der Waals surface area contributed by atoms with Gasteiger partial charge >= 0.3 is 0 Å². The van der Waals surface area contributed by atoms with E-state index in [1.165, 1.54) is 0 Å². The Morgan fingerprint density at radius 1 is 1.31 bits per heavy atom. The quantitative estimate of drug-likeness (QED) is 0.729. The molecule has 0 bridgehead atoms. The highest BCUT2D eigenvalue weighted by atomic mass is 14.8. The molecule has 0 fully saturated rings. The average Bonchev–Trinajstić information content (AvgIpc) is 2.17. The standard InChI is InChI=1S/C10H17N3/c1-7(2)9(11)10(12)8-4-3-5-13-6-8/h3-7,9-10H,11-12H2,1-2H3. The number of nitrogens with two attached hydrogens (primary N) is 2. The molecule has 0 aliphatic heterocycles. The molecule has 0 saturated carbocycles. The molecule has 0 aliphatic carbocycles. The first-order valence-electron chi connectivity index (χ1n) is 4.54. The van der Waals surface area contributed by atoms with Crippen LogP contribution in [0.2, 0.25) is 0 Å². The Morgan fingerprint density at radius 3 is 2.46 bits per heavy atom. The van der Waals surface area contributed by atoms with Crippen LogP contribution in [0.4, 0.5) is 0 Å². The minimum atomic E-state index is -0.117. The number of aromatic nitrogens is 1. The lowest BCUT2D eigenvalue weighted by Gasteiger charge is -2.23. The van der Waals surface area contributed by atoms with Crippen molar-refractivity contribution in [3.05, 3.63) is 30.1 Å². The molecule has 3 heteroatoms. The van der Waals surface area contributed by atoms with Crippen LogP contribution in [-0.4, -0.2) is 11.0 Å². The summed E-state index contributed by atoms with van der Waals surface area (Å²) >= 11 is 0. The monoisotopic (exact) mass is 179 g/mol. The summed E-state index contributed by atoms with van der Waals surface area (Å²) in [5.41, 5.74) is 12.9.